The number of aryl methyl sites for hydroxylation is 1. The van der Waals surface area contributed by atoms with E-state index in [1.807, 2.05) is 13.0 Å². The third kappa shape index (κ3) is 1.91. The van der Waals surface area contributed by atoms with Crippen molar-refractivity contribution < 1.29 is 9.53 Å². The summed E-state index contributed by atoms with van der Waals surface area (Å²) in [7, 11) is 0. The van der Waals surface area contributed by atoms with Crippen molar-refractivity contribution in [2.75, 3.05) is 0 Å². The van der Waals surface area contributed by atoms with Crippen LogP contribution in [0.25, 0.3) is 0 Å². The van der Waals surface area contributed by atoms with Gasteiger partial charge in [-0.15, -0.1) is 11.3 Å². The lowest BCUT2D eigenvalue weighted by Gasteiger charge is -1.91. The van der Waals surface area contributed by atoms with E-state index in [4.69, 9.17) is 0 Å². The summed E-state index contributed by atoms with van der Waals surface area (Å²) in [4.78, 5) is 12.7. The number of rotatable bonds is 2. The summed E-state index contributed by atoms with van der Waals surface area (Å²) in [5.74, 6) is -0.335. The number of hydrogen-bond donors (Lipinski definition) is 0. The summed E-state index contributed by atoms with van der Waals surface area (Å²) in [5.41, 5.74) is 0. The molecular formula is C8H8O2S. The third-order valence-electron chi connectivity index (χ3n) is 1.13. The second-order valence-electron chi connectivity index (χ2n) is 1.98. The quantitative estimate of drug-likeness (QED) is 0.500. The summed E-state index contributed by atoms with van der Waals surface area (Å²) < 4.78 is 4.58. The minimum absolute atomic E-state index is 0.335. The lowest BCUT2D eigenvalue weighted by atomic mass is 10.4. The van der Waals surface area contributed by atoms with Crippen LogP contribution in [0.1, 0.15) is 14.5 Å². The van der Waals surface area contributed by atoms with Crippen molar-refractivity contribution in [3.05, 3.63) is 34.7 Å². The topological polar surface area (TPSA) is 26.3 Å². The monoisotopic (exact) mass is 168 g/mol. The van der Waals surface area contributed by atoms with Gasteiger partial charge in [0.05, 0.1) is 6.26 Å². The maximum atomic E-state index is 11.0. The maximum absolute atomic E-state index is 11.0. The molecule has 0 atom stereocenters. The standard InChI is InChI=1S/C8H8O2S/c1-3-10-8(9)7-5-4-6(2)11-7/h3-5H,1H2,2H3. The predicted molar refractivity (Wildman–Crippen MR) is 44.7 cm³/mol. The van der Waals surface area contributed by atoms with Crippen molar-refractivity contribution in [2.24, 2.45) is 0 Å². The minimum atomic E-state index is -0.335. The zero-order chi connectivity index (χ0) is 8.27. The van der Waals surface area contributed by atoms with Crippen molar-refractivity contribution in [1.82, 2.24) is 0 Å². The summed E-state index contributed by atoms with van der Waals surface area (Å²) in [6.45, 7) is 5.23. The minimum Gasteiger partial charge on any atom is -0.431 e. The molecule has 1 aromatic heterocycles. The first-order valence-electron chi connectivity index (χ1n) is 3.12. The van der Waals surface area contributed by atoms with Crippen molar-refractivity contribution in [2.45, 2.75) is 6.92 Å². The highest BCUT2D eigenvalue weighted by Crippen LogP contribution is 2.15. The van der Waals surface area contributed by atoms with E-state index in [1.54, 1.807) is 6.07 Å². The molecule has 0 spiro atoms. The Morgan fingerprint density at radius 2 is 2.45 bits per heavy atom. The van der Waals surface area contributed by atoms with E-state index >= 15 is 0 Å². The molecule has 0 saturated heterocycles. The molecule has 0 aliphatic heterocycles. The third-order valence-corrected chi connectivity index (χ3v) is 2.11. The number of ether oxygens (including phenoxy) is 1. The lowest BCUT2D eigenvalue weighted by molar-refractivity contribution is 0.0669. The van der Waals surface area contributed by atoms with Crippen LogP contribution in [0.15, 0.2) is 25.0 Å². The van der Waals surface area contributed by atoms with Gasteiger partial charge in [-0.2, -0.15) is 0 Å². The van der Waals surface area contributed by atoms with Gasteiger partial charge in [-0.05, 0) is 19.1 Å². The number of hydrogen-bond acceptors (Lipinski definition) is 3. The molecule has 0 saturated carbocycles. The molecule has 0 amide bonds. The van der Waals surface area contributed by atoms with Crippen LogP contribution < -0.4 is 0 Å². The van der Waals surface area contributed by atoms with Gasteiger partial charge in [0, 0.05) is 4.88 Å². The van der Waals surface area contributed by atoms with E-state index in [0.717, 1.165) is 11.1 Å². The summed E-state index contributed by atoms with van der Waals surface area (Å²) in [6.07, 6.45) is 1.14. The van der Waals surface area contributed by atoms with Gasteiger partial charge in [0.1, 0.15) is 4.88 Å². The average molecular weight is 168 g/mol. The number of carbonyl (C=O) groups excluding carboxylic acids is 1. The first-order chi connectivity index (χ1) is 5.24. The summed E-state index contributed by atoms with van der Waals surface area (Å²) in [5, 5.41) is 0. The van der Waals surface area contributed by atoms with Crippen LogP contribution in [0.4, 0.5) is 0 Å². The Labute approximate surface area is 69.1 Å². The van der Waals surface area contributed by atoms with E-state index in [0.29, 0.717) is 4.88 Å². The molecule has 0 aliphatic carbocycles. The molecule has 0 bridgehead atoms. The van der Waals surface area contributed by atoms with Gasteiger partial charge in [-0.1, -0.05) is 6.58 Å². The van der Waals surface area contributed by atoms with Crippen molar-refractivity contribution in [3.63, 3.8) is 0 Å². The molecule has 0 unspecified atom stereocenters. The van der Waals surface area contributed by atoms with E-state index < -0.39 is 0 Å². The van der Waals surface area contributed by atoms with E-state index in [-0.39, 0.29) is 5.97 Å². The molecule has 1 rings (SSSR count). The normalized spacial score (nSPS) is 9.18. The Morgan fingerprint density at radius 1 is 1.73 bits per heavy atom. The number of esters is 1. The molecule has 1 heterocycles. The molecule has 1 aromatic rings. The summed E-state index contributed by atoms with van der Waals surface area (Å²) in [6, 6.07) is 3.62. The highest BCUT2D eigenvalue weighted by Gasteiger charge is 2.06. The van der Waals surface area contributed by atoms with Crippen LogP contribution in [0.5, 0.6) is 0 Å². The largest absolute Gasteiger partial charge is 0.431 e. The van der Waals surface area contributed by atoms with Gasteiger partial charge in [0.25, 0.3) is 0 Å². The molecule has 0 N–H and O–H groups in total. The van der Waals surface area contributed by atoms with Gasteiger partial charge < -0.3 is 4.74 Å². The van der Waals surface area contributed by atoms with Crippen LogP contribution in [0.3, 0.4) is 0 Å². The second kappa shape index (κ2) is 3.34. The predicted octanol–water partition coefficient (Wildman–Crippen LogP) is 2.36. The summed E-state index contributed by atoms with van der Waals surface area (Å²) >= 11 is 1.41. The second-order valence-corrected chi connectivity index (χ2v) is 3.27. The molecule has 0 aromatic carbocycles. The van der Waals surface area contributed by atoms with Crippen LogP contribution in [0, 0.1) is 6.92 Å². The number of thiophene rings is 1. The Hall–Kier alpha value is -1.09. The molecule has 11 heavy (non-hydrogen) atoms. The zero-order valence-electron chi connectivity index (χ0n) is 6.16. The fourth-order valence-electron chi connectivity index (χ4n) is 0.678. The van der Waals surface area contributed by atoms with Gasteiger partial charge in [-0.3, -0.25) is 0 Å². The number of carbonyl (C=O) groups is 1. The van der Waals surface area contributed by atoms with Gasteiger partial charge in [0.15, 0.2) is 0 Å². The lowest BCUT2D eigenvalue weighted by Crippen LogP contribution is -1.95. The Morgan fingerprint density at radius 3 is 2.91 bits per heavy atom. The molecule has 0 fully saturated rings. The molecule has 3 heteroatoms. The van der Waals surface area contributed by atoms with Crippen molar-refractivity contribution in [3.8, 4) is 0 Å². The van der Waals surface area contributed by atoms with E-state index in [2.05, 4.69) is 11.3 Å². The van der Waals surface area contributed by atoms with E-state index in [9.17, 15) is 4.79 Å². The average Bonchev–Trinajstić information content (AvgIpc) is 2.36. The Kier molecular flexibility index (Phi) is 2.44. The van der Waals surface area contributed by atoms with Crippen molar-refractivity contribution in [1.29, 1.82) is 0 Å². The van der Waals surface area contributed by atoms with Gasteiger partial charge >= 0.3 is 5.97 Å². The zero-order valence-corrected chi connectivity index (χ0v) is 6.98. The van der Waals surface area contributed by atoms with Crippen LogP contribution >= 0.6 is 11.3 Å². The Bertz CT molecular complexity index is 275. The van der Waals surface area contributed by atoms with Gasteiger partial charge in [-0.25, -0.2) is 4.79 Å². The first-order valence-corrected chi connectivity index (χ1v) is 3.94. The van der Waals surface area contributed by atoms with E-state index in [1.165, 1.54) is 11.3 Å². The highest BCUT2D eigenvalue weighted by atomic mass is 32.1. The maximum Gasteiger partial charge on any atom is 0.353 e. The van der Waals surface area contributed by atoms with Crippen LogP contribution in [0.2, 0.25) is 0 Å². The van der Waals surface area contributed by atoms with Gasteiger partial charge in [0.2, 0.25) is 0 Å². The Balaban J connectivity index is 2.76. The van der Waals surface area contributed by atoms with Crippen molar-refractivity contribution >= 4 is 17.3 Å². The fourth-order valence-corrected chi connectivity index (χ4v) is 1.43. The first kappa shape index (κ1) is 8.01. The van der Waals surface area contributed by atoms with Crippen LogP contribution in [-0.4, -0.2) is 5.97 Å². The molecular weight excluding hydrogens is 160 g/mol. The molecule has 58 valence electrons. The highest BCUT2D eigenvalue weighted by molar-refractivity contribution is 7.13. The fraction of sp³-hybridized carbons (Fsp3) is 0.125. The molecule has 2 nitrogen and oxygen atoms in total. The smallest absolute Gasteiger partial charge is 0.353 e. The SMILES string of the molecule is C=COC(=O)c1ccc(C)s1. The van der Waals surface area contributed by atoms with Crippen LogP contribution in [-0.2, 0) is 4.74 Å². The molecule has 0 aliphatic rings. The molecule has 0 radical (unpaired) electrons.